The van der Waals surface area contributed by atoms with Gasteiger partial charge in [0.25, 0.3) is 0 Å². The van der Waals surface area contributed by atoms with E-state index in [0.717, 1.165) is 78.1 Å². The summed E-state index contributed by atoms with van der Waals surface area (Å²) in [5, 5.41) is 8.61. The molecule has 0 spiro atoms. The Bertz CT molecular complexity index is 3940. The lowest BCUT2D eigenvalue weighted by Gasteiger charge is -2.21. The number of anilines is 2. The second-order valence-electron chi connectivity index (χ2n) is 19.1. The fourth-order valence-electron chi connectivity index (χ4n) is 11.1. The maximum atomic E-state index is 15.3. The number of hydrogen-bond donors (Lipinski definition) is 0. The lowest BCUT2D eigenvalue weighted by atomic mass is 9.84. The summed E-state index contributed by atoms with van der Waals surface area (Å²) in [5.41, 5.74) is 6.51. The number of hydrogen-bond acceptors (Lipinski definition) is 2. The first-order valence-corrected chi connectivity index (χ1v) is 23.7. The predicted octanol–water partition coefficient (Wildman–Crippen LogP) is 18.6. The Morgan fingerprint density at radius 3 is 1.11 bits per heavy atom. The van der Waals surface area contributed by atoms with Crippen molar-refractivity contribution in [2.75, 3.05) is 38.0 Å². The summed E-state index contributed by atoms with van der Waals surface area (Å²) in [6, 6.07) is 60.1. The van der Waals surface area contributed by atoms with Crippen molar-refractivity contribution in [1.29, 1.82) is 0 Å². The molecule has 12 rings (SSSR count). The van der Waals surface area contributed by atoms with Crippen LogP contribution in [0.5, 0.6) is 0 Å². The van der Waals surface area contributed by atoms with Gasteiger partial charge in [0.2, 0.25) is 0 Å². The Labute approximate surface area is 411 Å². The molecule has 0 aliphatic rings. The van der Waals surface area contributed by atoms with E-state index in [1.165, 1.54) is 12.1 Å². The van der Waals surface area contributed by atoms with Gasteiger partial charge in [-0.25, -0.2) is 0 Å². The van der Waals surface area contributed by atoms with Gasteiger partial charge in [-0.2, -0.15) is 26.3 Å². The van der Waals surface area contributed by atoms with Gasteiger partial charge in [0.15, 0.2) is 0 Å². The van der Waals surface area contributed by atoms with Crippen LogP contribution in [0.25, 0.3) is 120 Å². The Morgan fingerprint density at radius 2 is 0.694 bits per heavy atom. The minimum absolute atomic E-state index is 0.115. The molecule has 0 aliphatic heterocycles. The van der Waals surface area contributed by atoms with Gasteiger partial charge in [0.1, 0.15) is 0 Å². The molecule has 352 valence electrons. The molecule has 0 aromatic heterocycles. The molecule has 0 atom stereocenters. The van der Waals surface area contributed by atoms with Crippen LogP contribution in [-0.2, 0) is 12.4 Å². The summed E-state index contributed by atoms with van der Waals surface area (Å²) in [7, 11) is 7.83. The molecule has 0 heterocycles. The quantitative estimate of drug-likeness (QED) is 0.0931. The van der Waals surface area contributed by atoms with E-state index in [9.17, 15) is 0 Å². The minimum atomic E-state index is -4.66. The summed E-state index contributed by atoms with van der Waals surface area (Å²) in [5.74, 6) is 0. The highest BCUT2D eigenvalue weighted by molar-refractivity contribution is 6.26. The molecule has 0 aliphatic carbocycles. The maximum Gasteiger partial charge on any atom is 0.417 e. The first kappa shape index (κ1) is 44.8. The number of nitrogens with zero attached hydrogens (tertiary/aromatic N) is 2. The van der Waals surface area contributed by atoms with Crippen molar-refractivity contribution >= 4 is 86.8 Å². The molecule has 8 heteroatoms. The smallest absolute Gasteiger partial charge is 0.378 e. The van der Waals surface area contributed by atoms with Crippen molar-refractivity contribution in [1.82, 2.24) is 0 Å². The van der Waals surface area contributed by atoms with Crippen LogP contribution in [0.15, 0.2) is 194 Å². The molecule has 12 aromatic rings. The van der Waals surface area contributed by atoms with E-state index in [1.54, 1.807) is 12.1 Å². The van der Waals surface area contributed by atoms with E-state index in [2.05, 4.69) is 12.1 Å². The van der Waals surface area contributed by atoms with Gasteiger partial charge in [-0.3, -0.25) is 0 Å². The Kier molecular flexibility index (Phi) is 10.4. The fourth-order valence-corrected chi connectivity index (χ4v) is 11.1. The van der Waals surface area contributed by atoms with E-state index in [0.29, 0.717) is 54.6 Å². The summed E-state index contributed by atoms with van der Waals surface area (Å²) in [4.78, 5) is 4.01. The predicted molar refractivity (Wildman–Crippen MR) is 289 cm³/mol. The van der Waals surface area contributed by atoms with Crippen molar-refractivity contribution < 1.29 is 26.3 Å². The van der Waals surface area contributed by atoms with Crippen molar-refractivity contribution in [3.05, 3.63) is 205 Å². The Balaban J connectivity index is 1.15. The average Bonchev–Trinajstić information content (AvgIpc) is 3.38. The summed E-state index contributed by atoms with van der Waals surface area (Å²) < 4.78 is 92.1. The van der Waals surface area contributed by atoms with Gasteiger partial charge in [-0.1, -0.05) is 121 Å². The molecule has 0 bridgehead atoms. The van der Waals surface area contributed by atoms with Gasteiger partial charge in [0.05, 0.1) is 11.1 Å². The molecule has 2 nitrogen and oxygen atoms in total. The highest BCUT2D eigenvalue weighted by atomic mass is 19.4. The number of benzene rings is 12. The van der Waals surface area contributed by atoms with Gasteiger partial charge in [0, 0.05) is 50.3 Å². The van der Waals surface area contributed by atoms with Gasteiger partial charge in [-0.05, 0) is 182 Å². The minimum Gasteiger partial charge on any atom is -0.378 e. The van der Waals surface area contributed by atoms with E-state index in [4.69, 9.17) is 0 Å². The molecular weight excluding hydrogens is 911 g/mol. The van der Waals surface area contributed by atoms with Crippen molar-refractivity contribution in [2.24, 2.45) is 0 Å². The van der Waals surface area contributed by atoms with Gasteiger partial charge < -0.3 is 9.80 Å². The third-order valence-corrected chi connectivity index (χ3v) is 14.4. The zero-order chi connectivity index (χ0) is 49.8. The van der Waals surface area contributed by atoms with Crippen LogP contribution in [0.4, 0.5) is 37.7 Å². The average molecular weight is 955 g/mol. The molecule has 72 heavy (non-hydrogen) atoms. The molecule has 12 aromatic carbocycles. The van der Waals surface area contributed by atoms with E-state index in [1.807, 2.05) is 184 Å². The maximum absolute atomic E-state index is 15.3. The summed E-state index contributed by atoms with van der Waals surface area (Å²) in [6.45, 7) is 0. The number of halogens is 6. The van der Waals surface area contributed by atoms with Crippen LogP contribution in [0.3, 0.4) is 0 Å². The van der Waals surface area contributed by atoms with Crippen molar-refractivity contribution in [3.63, 3.8) is 0 Å². The Hall–Kier alpha value is -8.36. The lowest BCUT2D eigenvalue weighted by molar-refractivity contribution is -0.137. The molecule has 0 saturated heterocycles. The number of alkyl halides is 6. The van der Waals surface area contributed by atoms with Crippen LogP contribution in [0.1, 0.15) is 11.1 Å². The summed E-state index contributed by atoms with van der Waals surface area (Å²) in [6.07, 6.45) is -9.31. The lowest BCUT2D eigenvalue weighted by Crippen LogP contribution is -2.08. The topological polar surface area (TPSA) is 6.48 Å². The molecule has 0 amide bonds. The standard InChI is InChI=1S/C64H44F6N2/c1-71(2)45-17-9-15-42(31-45)59-47-19-7-5-13-38(47)33-53-55(59)35-51(49-21-11-23-57(61(49)53)63(65,66)67)40-27-25-37-26-28-41(30-44(37)29-40)52-36-56-54(62-50(52)22-12-24-58(62)64(68,69)70)34-39-14-6-8-20-48(39)60(56)43-16-10-18-46(32-43)72(3)4/h5-36H,1-4H3. The van der Waals surface area contributed by atoms with Gasteiger partial charge in [-0.15, -0.1) is 0 Å². The fraction of sp³-hybridized carbons (Fsp3) is 0.0938. The largest absolute Gasteiger partial charge is 0.417 e. The van der Waals surface area contributed by atoms with E-state index in [-0.39, 0.29) is 10.8 Å². The molecule has 0 saturated carbocycles. The first-order chi connectivity index (χ1) is 34.6. The van der Waals surface area contributed by atoms with Crippen LogP contribution < -0.4 is 9.80 Å². The number of rotatable bonds is 6. The zero-order valence-corrected chi connectivity index (χ0v) is 39.6. The van der Waals surface area contributed by atoms with Crippen molar-refractivity contribution in [2.45, 2.75) is 12.4 Å². The van der Waals surface area contributed by atoms with Crippen LogP contribution in [0, 0.1) is 0 Å². The molecule has 0 N–H and O–H groups in total. The monoisotopic (exact) mass is 954 g/mol. The highest BCUT2D eigenvalue weighted by Gasteiger charge is 2.35. The normalized spacial score (nSPS) is 12.3. The third kappa shape index (κ3) is 7.35. The summed E-state index contributed by atoms with van der Waals surface area (Å²) >= 11 is 0. The number of fused-ring (bicyclic) bond motifs is 9. The third-order valence-electron chi connectivity index (χ3n) is 14.4. The van der Waals surface area contributed by atoms with Crippen LogP contribution in [0.2, 0.25) is 0 Å². The molecular formula is C64H44F6N2. The molecule has 0 radical (unpaired) electrons. The van der Waals surface area contributed by atoms with E-state index < -0.39 is 23.5 Å². The highest BCUT2D eigenvalue weighted by Crippen LogP contribution is 2.50. The van der Waals surface area contributed by atoms with Crippen LogP contribution >= 0.6 is 0 Å². The zero-order valence-electron chi connectivity index (χ0n) is 39.6. The second-order valence-corrected chi connectivity index (χ2v) is 19.1. The first-order valence-electron chi connectivity index (χ1n) is 23.7. The van der Waals surface area contributed by atoms with Crippen molar-refractivity contribution in [3.8, 4) is 44.5 Å². The SMILES string of the molecule is CN(C)c1cccc(-c2c3ccccc3cc3c2cc(-c2ccc4ccc(-c5cc6c(-c7cccc(N(C)C)c7)c7ccccc7cc6c6c(C(F)(F)F)cccc56)cc4c2)c2cccc(C(F)(F)F)c23)c1. The molecule has 0 unspecified atom stereocenters. The Morgan fingerprint density at radius 1 is 0.292 bits per heavy atom. The molecule has 0 fully saturated rings. The van der Waals surface area contributed by atoms with Crippen LogP contribution in [-0.4, -0.2) is 28.2 Å². The van der Waals surface area contributed by atoms with Gasteiger partial charge >= 0.3 is 12.4 Å². The second kappa shape index (κ2) is 16.6. The van der Waals surface area contributed by atoms with E-state index >= 15 is 26.3 Å².